The van der Waals surface area contributed by atoms with Crippen molar-refractivity contribution in [3.63, 3.8) is 0 Å². The van der Waals surface area contributed by atoms with Crippen LogP contribution in [0.15, 0.2) is 16.7 Å². The van der Waals surface area contributed by atoms with Gasteiger partial charge in [-0.2, -0.15) is 0 Å². The number of anilines is 1. The van der Waals surface area contributed by atoms with E-state index < -0.39 is 0 Å². The van der Waals surface area contributed by atoms with Crippen LogP contribution in [0.4, 0.5) is 5.82 Å². The van der Waals surface area contributed by atoms with E-state index in [1.165, 1.54) is 7.11 Å². The van der Waals surface area contributed by atoms with Crippen molar-refractivity contribution < 1.29 is 14.3 Å². The van der Waals surface area contributed by atoms with Gasteiger partial charge < -0.3 is 14.4 Å². The van der Waals surface area contributed by atoms with E-state index in [0.29, 0.717) is 10.0 Å². The molecule has 0 aromatic carbocycles. The van der Waals surface area contributed by atoms with Crippen LogP contribution in [0.25, 0.3) is 0 Å². The number of ether oxygens (including phenoxy) is 2. The van der Waals surface area contributed by atoms with Crippen molar-refractivity contribution in [2.75, 3.05) is 31.7 Å². The maximum Gasteiger partial charge on any atom is 0.339 e. The van der Waals surface area contributed by atoms with E-state index in [2.05, 4.69) is 25.8 Å². The van der Waals surface area contributed by atoms with Crippen LogP contribution in [-0.2, 0) is 9.47 Å². The smallest absolute Gasteiger partial charge is 0.339 e. The van der Waals surface area contributed by atoms with Crippen molar-refractivity contribution >= 4 is 27.7 Å². The molecule has 1 fully saturated rings. The van der Waals surface area contributed by atoms with Crippen molar-refractivity contribution in [3.8, 4) is 0 Å². The molecule has 0 unspecified atom stereocenters. The number of hydrogen-bond donors (Lipinski definition) is 0. The molecular weight excluding hydrogens is 312 g/mol. The van der Waals surface area contributed by atoms with E-state index in [1.54, 1.807) is 12.3 Å². The maximum absolute atomic E-state index is 11.7. The summed E-state index contributed by atoms with van der Waals surface area (Å²) in [4.78, 5) is 18.2. The van der Waals surface area contributed by atoms with Crippen molar-refractivity contribution in [2.24, 2.45) is 0 Å². The first kappa shape index (κ1) is 14.3. The predicted octanol–water partition coefficient (Wildman–Crippen LogP) is 2.25. The molecule has 0 spiro atoms. The molecule has 2 heterocycles. The zero-order valence-corrected chi connectivity index (χ0v) is 12.6. The van der Waals surface area contributed by atoms with Crippen LogP contribution in [0.3, 0.4) is 0 Å². The van der Waals surface area contributed by atoms with Gasteiger partial charge in [-0.05, 0) is 35.3 Å². The molecule has 5 nitrogen and oxygen atoms in total. The maximum atomic E-state index is 11.7. The predicted molar refractivity (Wildman–Crippen MR) is 75.5 cm³/mol. The molecule has 1 atom stereocenters. The zero-order chi connectivity index (χ0) is 13.8. The minimum absolute atomic E-state index is 0.151. The lowest BCUT2D eigenvalue weighted by atomic mass is 10.2. The highest BCUT2D eigenvalue weighted by molar-refractivity contribution is 9.10. The molecule has 0 amide bonds. The van der Waals surface area contributed by atoms with E-state index in [-0.39, 0.29) is 12.1 Å². The molecule has 1 aromatic heterocycles. The standard InChI is InChI=1S/C13H17BrN2O3/c1-9-8-16(6-3-7-19-9)12-11(14)10(4-5-15-12)13(17)18-2/h4-5,9H,3,6-8H2,1-2H3/t9-/m1/s1. The Labute approximate surface area is 121 Å². The van der Waals surface area contributed by atoms with Crippen LogP contribution >= 0.6 is 15.9 Å². The van der Waals surface area contributed by atoms with Crippen molar-refractivity contribution in [2.45, 2.75) is 19.4 Å². The summed E-state index contributed by atoms with van der Waals surface area (Å²) < 4.78 is 11.1. The van der Waals surface area contributed by atoms with Gasteiger partial charge in [0.1, 0.15) is 5.82 Å². The summed E-state index contributed by atoms with van der Waals surface area (Å²) in [6, 6.07) is 1.65. The fraction of sp³-hybridized carbons (Fsp3) is 0.538. The normalized spacial score (nSPS) is 19.9. The summed E-state index contributed by atoms with van der Waals surface area (Å²) in [5.41, 5.74) is 0.491. The lowest BCUT2D eigenvalue weighted by Crippen LogP contribution is -2.31. The van der Waals surface area contributed by atoms with Crippen LogP contribution in [-0.4, -0.2) is 43.9 Å². The molecule has 1 aromatic rings. The molecule has 6 heteroatoms. The van der Waals surface area contributed by atoms with Gasteiger partial charge in [-0.25, -0.2) is 9.78 Å². The minimum atomic E-state index is -0.366. The number of hydrogen-bond acceptors (Lipinski definition) is 5. The molecule has 1 aliphatic heterocycles. The fourth-order valence-electron chi connectivity index (χ4n) is 2.11. The topological polar surface area (TPSA) is 51.7 Å². The number of nitrogens with zero attached hydrogens (tertiary/aromatic N) is 2. The fourth-order valence-corrected chi connectivity index (χ4v) is 2.75. The average Bonchev–Trinajstić information content (AvgIpc) is 2.63. The average molecular weight is 329 g/mol. The summed E-state index contributed by atoms with van der Waals surface area (Å²) in [6.07, 6.45) is 2.72. The number of carbonyl (C=O) groups is 1. The van der Waals surface area contributed by atoms with Crippen LogP contribution in [0, 0.1) is 0 Å². The molecule has 0 aliphatic carbocycles. The highest BCUT2D eigenvalue weighted by Gasteiger charge is 2.21. The molecule has 19 heavy (non-hydrogen) atoms. The van der Waals surface area contributed by atoms with E-state index in [0.717, 1.165) is 31.9 Å². The number of aromatic nitrogens is 1. The summed E-state index contributed by atoms with van der Waals surface area (Å²) >= 11 is 3.46. The quantitative estimate of drug-likeness (QED) is 0.779. The Morgan fingerprint density at radius 1 is 1.63 bits per heavy atom. The Bertz CT molecular complexity index is 467. The third-order valence-electron chi connectivity index (χ3n) is 3.03. The number of rotatable bonds is 2. The molecule has 104 valence electrons. The van der Waals surface area contributed by atoms with Crippen molar-refractivity contribution in [1.82, 2.24) is 4.98 Å². The van der Waals surface area contributed by atoms with Gasteiger partial charge in [0.05, 0.1) is 23.2 Å². The number of carbonyl (C=O) groups excluding carboxylic acids is 1. The largest absolute Gasteiger partial charge is 0.465 e. The number of esters is 1. The Balaban J connectivity index is 2.31. The molecular formula is C13H17BrN2O3. The van der Waals surface area contributed by atoms with Gasteiger partial charge in [0.2, 0.25) is 0 Å². The first-order valence-electron chi connectivity index (χ1n) is 6.23. The first-order chi connectivity index (χ1) is 9.13. The Morgan fingerprint density at radius 3 is 3.16 bits per heavy atom. The van der Waals surface area contributed by atoms with Gasteiger partial charge in [-0.15, -0.1) is 0 Å². The molecule has 2 rings (SSSR count). The van der Waals surface area contributed by atoms with Gasteiger partial charge in [0.25, 0.3) is 0 Å². The van der Waals surface area contributed by atoms with Gasteiger partial charge in [-0.1, -0.05) is 0 Å². The SMILES string of the molecule is COC(=O)c1ccnc(N2CCCO[C@H](C)C2)c1Br. The first-order valence-corrected chi connectivity index (χ1v) is 7.02. The monoisotopic (exact) mass is 328 g/mol. The van der Waals surface area contributed by atoms with Gasteiger partial charge in [0.15, 0.2) is 0 Å². The third kappa shape index (κ3) is 3.25. The summed E-state index contributed by atoms with van der Waals surface area (Å²) in [5, 5.41) is 0. The number of methoxy groups -OCH3 is 1. The van der Waals surface area contributed by atoms with Crippen molar-refractivity contribution in [3.05, 3.63) is 22.3 Å². The molecule has 1 saturated heterocycles. The second-order valence-corrected chi connectivity index (χ2v) is 5.26. The van der Waals surface area contributed by atoms with Crippen LogP contribution in [0.5, 0.6) is 0 Å². The van der Waals surface area contributed by atoms with E-state index in [9.17, 15) is 4.79 Å². The van der Waals surface area contributed by atoms with E-state index >= 15 is 0 Å². The second-order valence-electron chi connectivity index (χ2n) is 4.47. The van der Waals surface area contributed by atoms with E-state index in [1.807, 2.05) is 6.92 Å². The lowest BCUT2D eigenvalue weighted by molar-refractivity contribution is 0.0599. The van der Waals surface area contributed by atoms with Gasteiger partial charge in [-0.3, -0.25) is 0 Å². The highest BCUT2D eigenvalue weighted by Crippen LogP contribution is 2.29. The molecule has 0 saturated carbocycles. The minimum Gasteiger partial charge on any atom is -0.465 e. The van der Waals surface area contributed by atoms with Gasteiger partial charge in [0, 0.05) is 25.9 Å². The van der Waals surface area contributed by atoms with Crippen LogP contribution < -0.4 is 4.90 Å². The van der Waals surface area contributed by atoms with Crippen LogP contribution in [0.1, 0.15) is 23.7 Å². The Hall–Kier alpha value is -1.14. The molecule has 0 N–H and O–H groups in total. The summed E-state index contributed by atoms with van der Waals surface area (Å²) in [5.74, 6) is 0.398. The number of halogens is 1. The number of pyridine rings is 1. The molecule has 1 aliphatic rings. The lowest BCUT2D eigenvalue weighted by Gasteiger charge is -2.24. The molecule has 0 bridgehead atoms. The third-order valence-corrected chi connectivity index (χ3v) is 3.81. The van der Waals surface area contributed by atoms with Crippen molar-refractivity contribution in [1.29, 1.82) is 0 Å². The van der Waals surface area contributed by atoms with Crippen LogP contribution in [0.2, 0.25) is 0 Å². The second kappa shape index (κ2) is 6.34. The highest BCUT2D eigenvalue weighted by atomic mass is 79.9. The van der Waals surface area contributed by atoms with E-state index in [4.69, 9.17) is 9.47 Å². The van der Waals surface area contributed by atoms with Gasteiger partial charge >= 0.3 is 5.97 Å². The summed E-state index contributed by atoms with van der Waals surface area (Å²) in [7, 11) is 1.37. The summed E-state index contributed by atoms with van der Waals surface area (Å²) in [6.45, 7) is 4.42. The Kier molecular flexibility index (Phi) is 4.76. The molecule has 0 radical (unpaired) electrons. The Morgan fingerprint density at radius 2 is 2.42 bits per heavy atom. The zero-order valence-electron chi connectivity index (χ0n) is 11.1.